The number of nitrogens with zero attached hydrogens (tertiary/aromatic N) is 1. The number of carbonyl (C=O) groups is 1. The minimum absolute atomic E-state index is 0.0648. The normalized spacial score (nSPS) is 15.4. The Morgan fingerprint density at radius 3 is 2.40 bits per heavy atom. The van der Waals surface area contributed by atoms with Gasteiger partial charge in [-0.2, -0.15) is 5.26 Å². The van der Waals surface area contributed by atoms with Crippen LogP contribution in [0.25, 0.3) is 0 Å². The predicted molar refractivity (Wildman–Crippen MR) is 39.4 cm³/mol. The molecule has 0 aromatic rings. The maximum atomic E-state index is 10.5. The van der Waals surface area contributed by atoms with Gasteiger partial charge in [0.1, 0.15) is 5.92 Å². The average molecular weight is 160 g/mol. The molecule has 0 aromatic carbocycles. The molecule has 2 atom stereocenters. The van der Waals surface area contributed by atoms with Crippen molar-refractivity contribution in [3.8, 4) is 6.07 Å². The zero-order chi connectivity index (χ0) is 8.15. The Morgan fingerprint density at radius 2 is 2.30 bits per heavy atom. The first-order valence-corrected chi connectivity index (χ1v) is 3.60. The topological polar surface area (TPSA) is 40.9 Å². The van der Waals surface area contributed by atoms with E-state index in [0.717, 1.165) is 6.42 Å². The summed E-state index contributed by atoms with van der Waals surface area (Å²) in [5, 5.41) is 7.90. The smallest absolute Gasteiger partial charge is 0.239 e. The summed E-state index contributed by atoms with van der Waals surface area (Å²) in [6, 6.07) is 1.87. The fourth-order valence-electron chi connectivity index (χ4n) is 0.637. The van der Waals surface area contributed by atoms with Crippen LogP contribution < -0.4 is 0 Å². The molecule has 0 aliphatic rings. The molecular formula is C7H10ClNO. The van der Waals surface area contributed by atoms with Gasteiger partial charge in [-0.25, -0.2) is 0 Å². The molecule has 0 saturated carbocycles. The van der Waals surface area contributed by atoms with Crippen molar-refractivity contribution in [3.63, 3.8) is 0 Å². The highest BCUT2D eigenvalue weighted by Crippen LogP contribution is 2.16. The highest BCUT2D eigenvalue weighted by Gasteiger charge is 2.21. The Labute approximate surface area is 65.8 Å². The van der Waals surface area contributed by atoms with E-state index in [4.69, 9.17) is 16.9 Å². The standard InChI is InChI=1S/C7H10ClNO/c1-3-5(2)6(4-9)7(8)10/h5-6H,3H2,1-2H3. The van der Waals surface area contributed by atoms with Crippen LogP contribution in [0.3, 0.4) is 0 Å². The molecule has 0 bridgehead atoms. The predicted octanol–water partition coefficient (Wildman–Crippen LogP) is 1.94. The lowest BCUT2D eigenvalue weighted by Crippen LogP contribution is -2.15. The highest BCUT2D eigenvalue weighted by atomic mass is 35.5. The van der Waals surface area contributed by atoms with Crippen molar-refractivity contribution in [2.75, 3.05) is 0 Å². The molecule has 0 aliphatic carbocycles. The Kier molecular flexibility index (Phi) is 4.06. The first-order chi connectivity index (χ1) is 4.63. The summed E-state index contributed by atoms with van der Waals surface area (Å²) < 4.78 is 0. The Hall–Kier alpha value is -0.550. The van der Waals surface area contributed by atoms with Crippen LogP contribution in [0.2, 0.25) is 0 Å². The number of carbonyl (C=O) groups excluding carboxylic acids is 1. The molecule has 0 fully saturated rings. The summed E-state index contributed by atoms with van der Waals surface area (Å²) in [5.74, 6) is -0.568. The van der Waals surface area contributed by atoms with Crippen LogP contribution in [0, 0.1) is 23.2 Å². The molecule has 3 heteroatoms. The van der Waals surface area contributed by atoms with E-state index in [1.54, 1.807) is 0 Å². The molecule has 2 nitrogen and oxygen atoms in total. The van der Waals surface area contributed by atoms with Gasteiger partial charge in [-0.15, -0.1) is 0 Å². The molecule has 0 rings (SSSR count). The number of halogens is 1. The zero-order valence-corrected chi connectivity index (χ0v) is 6.85. The van der Waals surface area contributed by atoms with Gasteiger partial charge in [-0.1, -0.05) is 20.3 Å². The first kappa shape index (κ1) is 9.45. The SMILES string of the molecule is CCC(C)C(C#N)C(=O)Cl. The molecule has 0 spiro atoms. The van der Waals surface area contributed by atoms with E-state index < -0.39 is 11.2 Å². The van der Waals surface area contributed by atoms with Crippen LogP contribution in [-0.4, -0.2) is 5.24 Å². The van der Waals surface area contributed by atoms with E-state index >= 15 is 0 Å². The van der Waals surface area contributed by atoms with Crippen molar-refractivity contribution in [1.82, 2.24) is 0 Å². The lowest BCUT2D eigenvalue weighted by molar-refractivity contribution is -0.114. The molecule has 0 radical (unpaired) electrons. The Bertz CT molecular complexity index is 161. The summed E-state index contributed by atoms with van der Waals surface area (Å²) in [5.41, 5.74) is 0. The van der Waals surface area contributed by atoms with Crippen LogP contribution in [0.5, 0.6) is 0 Å². The molecular weight excluding hydrogens is 150 g/mol. The van der Waals surface area contributed by atoms with Crippen molar-refractivity contribution >= 4 is 16.8 Å². The molecule has 0 N–H and O–H groups in total. The van der Waals surface area contributed by atoms with Gasteiger partial charge >= 0.3 is 0 Å². The van der Waals surface area contributed by atoms with Crippen LogP contribution in [0.1, 0.15) is 20.3 Å². The van der Waals surface area contributed by atoms with Gasteiger partial charge in [0.2, 0.25) is 5.24 Å². The monoisotopic (exact) mass is 159 g/mol. The van der Waals surface area contributed by atoms with E-state index in [0.29, 0.717) is 0 Å². The quantitative estimate of drug-likeness (QED) is 0.591. The number of hydrogen-bond acceptors (Lipinski definition) is 2. The molecule has 10 heavy (non-hydrogen) atoms. The fraction of sp³-hybridized carbons (Fsp3) is 0.714. The molecule has 0 saturated heterocycles. The van der Waals surface area contributed by atoms with Crippen molar-refractivity contribution < 1.29 is 4.79 Å². The molecule has 0 aromatic heterocycles. The third-order valence-corrected chi connectivity index (χ3v) is 1.83. The van der Waals surface area contributed by atoms with Gasteiger partial charge in [-0.3, -0.25) is 4.79 Å². The van der Waals surface area contributed by atoms with Gasteiger partial charge in [0.05, 0.1) is 6.07 Å². The summed E-state index contributed by atoms with van der Waals surface area (Å²) in [6.07, 6.45) is 0.802. The van der Waals surface area contributed by atoms with Crippen LogP contribution in [0.15, 0.2) is 0 Å². The molecule has 0 aliphatic heterocycles. The fourth-order valence-corrected chi connectivity index (χ4v) is 0.901. The number of nitriles is 1. The van der Waals surface area contributed by atoms with Gasteiger partial charge in [0.15, 0.2) is 0 Å². The highest BCUT2D eigenvalue weighted by molar-refractivity contribution is 6.64. The minimum Gasteiger partial charge on any atom is -0.280 e. The number of rotatable bonds is 3. The third kappa shape index (κ3) is 2.36. The second-order valence-electron chi connectivity index (χ2n) is 2.30. The van der Waals surface area contributed by atoms with E-state index in [-0.39, 0.29) is 5.92 Å². The van der Waals surface area contributed by atoms with Crippen molar-refractivity contribution in [1.29, 1.82) is 5.26 Å². The average Bonchev–Trinajstić information content (AvgIpc) is 1.88. The summed E-state index contributed by atoms with van der Waals surface area (Å²) in [6.45, 7) is 3.77. The van der Waals surface area contributed by atoms with Crippen molar-refractivity contribution in [2.24, 2.45) is 11.8 Å². The van der Waals surface area contributed by atoms with E-state index in [2.05, 4.69) is 0 Å². The zero-order valence-electron chi connectivity index (χ0n) is 6.10. The minimum atomic E-state index is -0.633. The summed E-state index contributed by atoms with van der Waals surface area (Å²) in [4.78, 5) is 10.5. The van der Waals surface area contributed by atoms with Crippen LogP contribution in [0.4, 0.5) is 0 Å². The lowest BCUT2D eigenvalue weighted by atomic mass is 9.94. The number of hydrogen-bond donors (Lipinski definition) is 0. The Balaban J connectivity index is 4.10. The van der Waals surface area contributed by atoms with E-state index in [1.165, 1.54) is 0 Å². The molecule has 2 unspecified atom stereocenters. The second kappa shape index (κ2) is 4.29. The maximum Gasteiger partial charge on any atom is 0.239 e. The molecule has 0 amide bonds. The Morgan fingerprint density at radius 1 is 1.80 bits per heavy atom. The van der Waals surface area contributed by atoms with Gasteiger partial charge < -0.3 is 0 Å². The van der Waals surface area contributed by atoms with Gasteiger partial charge in [0, 0.05) is 0 Å². The second-order valence-corrected chi connectivity index (χ2v) is 2.67. The lowest BCUT2D eigenvalue weighted by Gasteiger charge is -2.09. The summed E-state index contributed by atoms with van der Waals surface area (Å²) in [7, 11) is 0. The largest absolute Gasteiger partial charge is 0.280 e. The first-order valence-electron chi connectivity index (χ1n) is 3.22. The van der Waals surface area contributed by atoms with Gasteiger partial charge in [0.25, 0.3) is 0 Å². The molecule has 0 heterocycles. The van der Waals surface area contributed by atoms with Crippen molar-refractivity contribution in [2.45, 2.75) is 20.3 Å². The summed E-state index contributed by atoms with van der Waals surface area (Å²) >= 11 is 5.16. The van der Waals surface area contributed by atoms with E-state index in [9.17, 15) is 4.79 Å². The van der Waals surface area contributed by atoms with Gasteiger partial charge in [-0.05, 0) is 17.5 Å². The van der Waals surface area contributed by atoms with Crippen LogP contribution >= 0.6 is 11.6 Å². The third-order valence-electron chi connectivity index (χ3n) is 1.60. The maximum absolute atomic E-state index is 10.5. The van der Waals surface area contributed by atoms with Crippen LogP contribution in [-0.2, 0) is 4.79 Å². The molecule has 56 valence electrons. The van der Waals surface area contributed by atoms with Crippen molar-refractivity contribution in [3.05, 3.63) is 0 Å². The van der Waals surface area contributed by atoms with E-state index in [1.807, 2.05) is 19.9 Å².